The van der Waals surface area contributed by atoms with Gasteiger partial charge in [-0.05, 0) is 5.56 Å². The first-order chi connectivity index (χ1) is 14.6. The maximum atomic E-state index is 15.6. The van der Waals surface area contributed by atoms with Gasteiger partial charge in [0.2, 0.25) is 0 Å². The lowest BCUT2D eigenvalue weighted by molar-refractivity contribution is -0.402. The van der Waals surface area contributed by atoms with Gasteiger partial charge in [0.25, 0.3) is 0 Å². The quantitative estimate of drug-likeness (QED) is 0.629. The molecule has 0 amide bonds. The van der Waals surface area contributed by atoms with Gasteiger partial charge in [0, 0.05) is 5.56 Å². The van der Waals surface area contributed by atoms with Crippen LogP contribution >= 0.6 is 0 Å². The van der Waals surface area contributed by atoms with Crippen molar-refractivity contribution in [2.24, 2.45) is 0 Å². The highest BCUT2D eigenvalue weighted by atomic mass is 19.3. The molecule has 2 aromatic rings. The SMILES string of the molecule is C=CCO[C@@H]1O[C@@H]2CO[C@H](c3ccccc3)O[C@H]2C(F)(F)[C@H]1OCc1ccccc1. The number of benzene rings is 2. The molecule has 30 heavy (non-hydrogen) atoms. The highest BCUT2D eigenvalue weighted by molar-refractivity contribution is 5.17. The lowest BCUT2D eigenvalue weighted by atomic mass is 9.96. The Morgan fingerprint density at radius 3 is 2.40 bits per heavy atom. The number of halogens is 2. The van der Waals surface area contributed by atoms with E-state index < -0.39 is 36.8 Å². The fraction of sp³-hybridized carbons (Fsp3) is 0.391. The summed E-state index contributed by atoms with van der Waals surface area (Å²) in [4.78, 5) is 0. The van der Waals surface area contributed by atoms with E-state index in [1.165, 1.54) is 6.08 Å². The maximum absolute atomic E-state index is 15.6. The minimum absolute atomic E-state index is 0.00555. The summed E-state index contributed by atoms with van der Waals surface area (Å²) in [5.41, 5.74) is 1.44. The Morgan fingerprint density at radius 1 is 1.00 bits per heavy atom. The van der Waals surface area contributed by atoms with Crippen molar-refractivity contribution in [3.63, 3.8) is 0 Å². The van der Waals surface area contributed by atoms with Gasteiger partial charge in [0.15, 0.2) is 24.8 Å². The number of hydrogen-bond donors (Lipinski definition) is 0. The van der Waals surface area contributed by atoms with Crippen LogP contribution in [0.2, 0.25) is 0 Å². The Morgan fingerprint density at radius 2 is 1.70 bits per heavy atom. The van der Waals surface area contributed by atoms with Crippen LogP contribution in [0.5, 0.6) is 0 Å². The molecule has 0 radical (unpaired) electrons. The van der Waals surface area contributed by atoms with Gasteiger partial charge in [-0.1, -0.05) is 66.7 Å². The summed E-state index contributed by atoms with van der Waals surface area (Å²) in [6.07, 6.45) is -4.85. The molecule has 0 spiro atoms. The lowest BCUT2D eigenvalue weighted by Crippen LogP contribution is -2.66. The van der Waals surface area contributed by atoms with E-state index >= 15 is 8.78 Å². The van der Waals surface area contributed by atoms with Crippen LogP contribution in [-0.2, 0) is 30.3 Å². The molecule has 2 fully saturated rings. The number of alkyl halides is 2. The van der Waals surface area contributed by atoms with Crippen molar-refractivity contribution in [1.82, 2.24) is 0 Å². The predicted molar refractivity (Wildman–Crippen MR) is 105 cm³/mol. The molecule has 0 aromatic heterocycles. The smallest absolute Gasteiger partial charge is 0.307 e. The number of hydrogen-bond acceptors (Lipinski definition) is 5. The lowest BCUT2D eigenvalue weighted by Gasteiger charge is -2.48. The van der Waals surface area contributed by atoms with Gasteiger partial charge in [-0.25, -0.2) is 8.78 Å². The van der Waals surface area contributed by atoms with E-state index in [4.69, 9.17) is 23.7 Å². The first kappa shape index (κ1) is 21.1. The van der Waals surface area contributed by atoms with E-state index in [-0.39, 0.29) is 19.8 Å². The summed E-state index contributed by atoms with van der Waals surface area (Å²) in [5, 5.41) is 0. The van der Waals surface area contributed by atoms with Gasteiger partial charge in [-0.2, -0.15) is 0 Å². The fourth-order valence-electron chi connectivity index (χ4n) is 3.59. The van der Waals surface area contributed by atoms with Crippen molar-refractivity contribution < 1.29 is 32.5 Å². The molecular formula is C23H24F2O5. The Bertz CT molecular complexity index is 817. The monoisotopic (exact) mass is 418 g/mol. The van der Waals surface area contributed by atoms with Crippen LogP contribution in [0.4, 0.5) is 8.78 Å². The van der Waals surface area contributed by atoms with Crippen molar-refractivity contribution in [2.75, 3.05) is 13.2 Å². The summed E-state index contributed by atoms with van der Waals surface area (Å²) in [7, 11) is 0. The molecule has 0 bridgehead atoms. The Balaban J connectivity index is 1.54. The molecule has 2 aliphatic heterocycles. The molecule has 160 valence electrons. The molecule has 2 heterocycles. The van der Waals surface area contributed by atoms with Crippen molar-refractivity contribution in [1.29, 1.82) is 0 Å². The minimum Gasteiger partial charge on any atom is -0.362 e. The summed E-state index contributed by atoms with van der Waals surface area (Å²) >= 11 is 0. The third-order valence-corrected chi connectivity index (χ3v) is 5.06. The molecule has 7 heteroatoms. The molecule has 2 saturated heterocycles. The molecule has 4 rings (SSSR count). The van der Waals surface area contributed by atoms with E-state index in [0.29, 0.717) is 5.56 Å². The normalized spacial score (nSPS) is 30.4. The van der Waals surface area contributed by atoms with Crippen molar-refractivity contribution >= 4 is 0 Å². The van der Waals surface area contributed by atoms with Crippen molar-refractivity contribution in [3.05, 3.63) is 84.4 Å². The van der Waals surface area contributed by atoms with Gasteiger partial charge in [-0.15, -0.1) is 6.58 Å². The van der Waals surface area contributed by atoms with E-state index in [1.807, 2.05) is 24.3 Å². The molecule has 0 saturated carbocycles. The molecule has 5 nitrogen and oxygen atoms in total. The molecular weight excluding hydrogens is 394 g/mol. The molecule has 5 atom stereocenters. The van der Waals surface area contributed by atoms with E-state index in [0.717, 1.165) is 5.56 Å². The van der Waals surface area contributed by atoms with Crippen LogP contribution in [-0.4, -0.2) is 43.7 Å². The van der Waals surface area contributed by atoms with E-state index in [2.05, 4.69) is 6.58 Å². The summed E-state index contributed by atoms with van der Waals surface area (Å²) in [6.45, 7) is 3.57. The summed E-state index contributed by atoms with van der Waals surface area (Å²) in [6, 6.07) is 18.1. The second-order valence-corrected chi connectivity index (χ2v) is 7.19. The zero-order valence-electron chi connectivity index (χ0n) is 16.4. The summed E-state index contributed by atoms with van der Waals surface area (Å²) in [5.74, 6) is -3.36. The van der Waals surface area contributed by atoms with Gasteiger partial charge in [-0.3, -0.25) is 0 Å². The van der Waals surface area contributed by atoms with Crippen LogP contribution in [0.15, 0.2) is 73.3 Å². The standard InChI is InChI=1S/C23H24F2O5/c1-2-13-26-22-20(27-14-16-9-5-3-6-10-16)23(24,25)19-18(29-22)15-28-21(30-19)17-11-7-4-8-12-17/h2-12,18-22H,1,13-15H2/t18-,19-,20+,21+,22-/m1/s1. The van der Waals surface area contributed by atoms with Gasteiger partial charge in [0.1, 0.15) is 6.10 Å². The zero-order valence-corrected chi connectivity index (χ0v) is 16.4. The van der Waals surface area contributed by atoms with Gasteiger partial charge < -0.3 is 23.7 Å². The second kappa shape index (κ2) is 9.32. The van der Waals surface area contributed by atoms with Gasteiger partial charge in [0.05, 0.1) is 19.8 Å². The van der Waals surface area contributed by atoms with Crippen LogP contribution in [0.25, 0.3) is 0 Å². The largest absolute Gasteiger partial charge is 0.362 e. The van der Waals surface area contributed by atoms with Crippen LogP contribution in [0.3, 0.4) is 0 Å². The predicted octanol–water partition coefficient (Wildman–Crippen LogP) is 4.25. The number of fused-ring (bicyclic) bond motifs is 1. The molecule has 0 unspecified atom stereocenters. The van der Waals surface area contributed by atoms with Gasteiger partial charge >= 0.3 is 5.92 Å². The average Bonchev–Trinajstić information content (AvgIpc) is 2.78. The Hall–Kier alpha value is -2.16. The topological polar surface area (TPSA) is 46.2 Å². The highest BCUT2D eigenvalue weighted by Crippen LogP contribution is 2.43. The average molecular weight is 418 g/mol. The molecule has 2 aliphatic rings. The number of rotatable bonds is 7. The van der Waals surface area contributed by atoms with Crippen LogP contribution in [0, 0.1) is 0 Å². The second-order valence-electron chi connectivity index (χ2n) is 7.19. The molecule has 0 N–H and O–H groups in total. The fourth-order valence-corrected chi connectivity index (χ4v) is 3.59. The van der Waals surface area contributed by atoms with E-state index in [1.54, 1.807) is 36.4 Å². The van der Waals surface area contributed by atoms with Crippen molar-refractivity contribution in [2.45, 2.75) is 43.4 Å². The molecule has 0 aliphatic carbocycles. The minimum atomic E-state index is -3.36. The highest BCUT2D eigenvalue weighted by Gasteiger charge is 2.62. The third-order valence-electron chi connectivity index (χ3n) is 5.06. The first-order valence-electron chi connectivity index (χ1n) is 9.83. The van der Waals surface area contributed by atoms with Crippen LogP contribution in [0.1, 0.15) is 17.4 Å². The van der Waals surface area contributed by atoms with Crippen molar-refractivity contribution in [3.8, 4) is 0 Å². The maximum Gasteiger partial charge on any atom is 0.307 e. The van der Waals surface area contributed by atoms with E-state index in [9.17, 15) is 0 Å². The summed E-state index contributed by atoms with van der Waals surface area (Å²) < 4.78 is 59.4. The molecule has 2 aromatic carbocycles. The number of ether oxygens (including phenoxy) is 5. The Labute approximate surface area is 174 Å². The van der Waals surface area contributed by atoms with Crippen LogP contribution < -0.4 is 0 Å². The Kier molecular flexibility index (Phi) is 6.55. The third kappa shape index (κ3) is 4.45. The zero-order chi connectivity index (χ0) is 21.0. The first-order valence-corrected chi connectivity index (χ1v) is 9.83.